The predicted molar refractivity (Wildman–Crippen MR) is 162 cm³/mol. The minimum atomic E-state index is -0.928. The molecule has 9 heteroatoms. The molecule has 40 heavy (non-hydrogen) atoms. The average Bonchev–Trinajstić information content (AvgIpc) is 2.98. The summed E-state index contributed by atoms with van der Waals surface area (Å²) in [5.41, 5.74) is 15.3. The second-order valence-electron chi connectivity index (χ2n) is 9.50. The number of anilines is 1. The molecular weight excluding hydrogens is 502 g/mol. The molecule has 208 valence electrons. The lowest BCUT2D eigenvalue weighted by Gasteiger charge is -2.19. The van der Waals surface area contributed by atoms with Crippen molar-refractivity contribution in [3.05, 3.63) is 107 Å². The summed E-state index contributed by atoms with van der Waals surface area (Å²) in [5, 5.41) is 17.0. The molecule has 9 nitrogen and oxygen atoms in total. The first-order valence-corrected chi connectivity index (χ1v) is 13.5. The lowest BCUT2D eigenvalue weighted by molar-refractivity contribution is 0.117. The number of nitrogens with one attached hydrogen (secondary N) is 2. The predicted octanol–water partition coefficient (Wildman–Crippen LogP) is 3.19. The van der Waals surface area contributed by atoms with Gasteiger partial charge in [-0.05, 0) is 48.1 Å². The van der Waals surface area contributed by atoms with Crippen molar-refractivity contribution in [1.82, 2.24) is 14.9 Å². The third-order valence-electron chi connectivity index (χ3n) is 6.51. The van der Waals surface area contributed by atoms with E-state index in [0.29, 0.717) is 25.3 Å². The van der Waals surface area contributed by atoms with E-state index < -0.39 is 6.23 Å². The Labute approximate surface area is 234 Å². The second-order valence-corrected chi connectivity index (χ2v) is 9.50. The molecular formula is C31H37N7O2. The highest BCUT2D eigenvalue weighted by molar-refractivity contribution is 5.75. The van der Waals surface area contributed by atoms with Crippen molar-refractivity contribution in [3.8, 4) is 22.4 Å². The summed E-state index contributed by atoms with van der Waals surface area (Å²) in [5.74, 6) is 0.326. The number of aromatic nitrogens is 2. The summed E-state index contributed by atoms with van der Waals surface area (Å²) in [6.45, 7) is 1.72. The van der Waals surface area contributed by atoms with Gasteiger partial charge < -0.3 is 21.9 Å². The lowest BCUT2D eigenvalue weighted by atomic mass is 10.0. The molecule has 4 rings (SSSR count). The van der Waals surface area contributed by atoms with Crippen LogP contribution in [-0.4, -0.2) is 46.5 Å². The van der Waals surface area contributed by atoms with Gasteiger partial charge >= 0.3 is 0 Å². The number of nitrogens with zero attached hydrogens (tertiary/aromatic N) is 3. The van der Waals surface area contributed by atoms with Crippen LogP contribution in [0.1, 0.15) is 18.4 Å². The fourth-order valence-electron chi connectivity index (χ4n) is 4.41. The van der Waals surface area contributed by atoms with Crippen molar-refractivity contribution in [3.63, 3.8) is 0 Å². The highest BCUT2D eigenvalue weighted by Crippen LogP contribution is 2.24. The number of nitrogens with two attached hydrogens (primary N) is 2. The van der Waals surface area contributed by atoms with Gasteiger partial charge in [-0.3, -0.25) is 19.7 Å². The maximum Gasteiger partial charge on any atom is 0.293 e. The quantitative estimate of drug-likeness (QED) is 0.0716. The van der Waals surface area contributed by atoms with Gasteiger partial charge in [0.25, 0.3) is 5.56 Å². The van der Waals surface area contributed by atoms with E-state index in [9.17, 15) is 9.90 Å². The Morgan fingerprint density at radius 3 is 2.23 bits per heavy atom. The van der Waals surface area contributed by atoms with Gasteiger partial charge in [0.2, 0.25) is 0 Å². The highest BCUT2D eigenvalue weighted by atomic mass is 16.3. The Morgan fingerprint density at radius 2 is 1.52 bits per heavy atom. The fourth-order valence-corrected chi connectivity index (χ4v) is 4.41. The molecule has 0 aliphatic rings. The molecule has 0 spiro atoms. The lowest BCUT2D eigenvalue weighted by Crippen LogP contribution is -2.38. The van der Waals surface area contributed by atoms with Gasteiger partial charge in [-0.15, -0.1) is 0 Å². The van der Waals surface area contributed by atoms with Gasteiger partial charge in [-0.25, -0.2) is 4.98 Å². The van der Waals surface area contributed by atoms with E-state index in [1.54, 1.807) is 10.8 Å². The first-order valence-electron chi connectivity index (χ1n) is 13.5. The molecule has 0 amide bonds. The van der Waals surface area contributed by atoms with Crippen LogP contribution in [0.15, 0.2) is 101 Å². The number of rotatable bonds is 14. The van der Waals surface area contributed by atoms with E-state index in [4.69, 9.17) is 11.5 Å². The Kier molecular flexibility index (Phi) is 10.4. The molecule has 0 radical (unpaired) electrons. The van der Waals surface area contributed by atoms with Gasteiger partial charge in [-0.1, -0.05) is 84.9 Å². The molecule has 1 atom stereocenters. The summed E-state index contributed by atoms with van der Waals surface area (Å²) < 4.78 is 1.58. The zero-order valence-electron chi connectivity index (χ0n) is 22.5. The topological polar surface area (TPSA) is 144 Å². The number of hydrogen-bond donors (Lipinski definition) is 5. The van der Waals surface area contributed by atoms with Gasteiger partial charge in [-0.2, -0.15) is 0 Å². The number of aliphatic imine (C=N–C) groups is 1. The Bertz CT molecular complexity index is 1420. The maximum atomic E-state index is 13.6. The number of hydrogen-bond acceptors (Lipinski definition) is 6. The number of guanidine groups is 1. The largest absolute Gasteiger partial charge is 0.377 e. The van der Waals surface area contributed by atoms with Crippen molar-refractivity contribution in [2.24, 2.45) is 16.5 Å². The first-order chi connectivity index (χ1) is 19.5. The van der Waals surface area contributed by atoms with Gasteiger partial charge in [0.15, 0.2) is 11.8 Å². The van der Waals surface area contributed by atoms with Gasteiger partial charge in [0, 0.05) is 13.1 Å². The van der Waals surface area contributed by atoms with Gasteiger partial charge in [0.1, 0.15) is 6.23 Å². The number of aliphatic hydroxyl groups is 1. The SMILES string of the molecule is NC(N)=NCCCCNC(O)Cn1c(-c2ccc(-c3ccccc3)cc2)cnc(NCCc2ccccc2)c1=O. The van der Waals surface area contributed by atoms with Crippen LogP contribution in [0.2, 0.25) is 0 Å². The van der Waals surface area contributed by atoms with Crippen LogP contribution in [0.25, 0.3) is 22.4 Å². The van der Waals surface area contributed by atoms with Crippen molar-refractivity contribution in [1.29, 1.82) is 0 Å². The van der Waals surface area contributed by atoms with E-state index in [1.807, 2.05) is 60.7 Å². The van der Waals surface area contributed by atoms with Crippen molar-refractivity contribution in [2.45, 2.75) is 32.0 Å². The van der Waals surface area contributed by atoms with Crippen molar-refractivity contribution < 1.29 is 5.11 Å². The van der Waals surface area contributed by atoms with E-state index in [0.717, 1.165) is 36.0 Å². The van der Waals surface area contributed by atoms with E-state index in [-0.39, 0.29) is 23.9 Å². The molecule has 7 N–H and O–H groups in total. The molecule has 0 saturated heterocycles. The van der Waals surface area contributed by atoms with Crippen LogP contribution < -0.4 is 27.7 Å². The molecule has 0 saturated carbocycles. The van der Waals surface area contributed by atoms with Crippen molar-refractivity contribution in [2.75, 3.05) is 25.0 Å². The maximum absolute atomic E-state index is 13.6. The summed E-state index contributed by atoms with van der Waals surface area (Å²) >= 11 is 0. The minimum absolute atomic E-state index is 0.0678. The Balaban J connectivity index is 1.51. The monoisotopic (exact) mass is 539 g/mol. The molecule has 4 aromatic rings. The first kappa shape index (κ1) is 28.5. The molecule has 0 aliphatic heterocycles. The average molecular weight is 540 g/mol. The molecule has 0 bridgehead atoms. The Hall–Kier alpha value is -4.47. The number of aliphatic hydroxyl groups excluding tert-OH is 1. The standard InChI is InChI=1S/C31H37N7O2/c32-31(33)36-19-8-7-18-34-28(39)22-38-27(26-15-13-25(14-16-26)24-11-5-2-6-12-24)21-37-29(30(38)40)35-20-17-23-9-3-1-4-10-23/h1-6,9-16,21,28,34,39H,7-8,17-20,22H2,(H,35,37)(H4,32,33,36). The molecule has 0 aliphatic carbocycles. The highest BCUT2D eigenvalue weighted by Gasteiger charge is 2.15. The number of benzene rings is 3. The zero-order valence-corrected chi connectivity index (χ0v) is 22.5. The smallest absolute Gasteiger partial charge is 0.293 e. The number of unbranched alkanes of at least 4 members (excludes halogenated alkanes) is 1. The molecule has 1 heterocycles. The molecule has 0 fully saturated rings. The van der Waals surface area contributed by atoms with E-state index >= 15 is 0 Å². The summed E-state index contributed by atoms with van der Waals surface area (Å²) in [6, 6.07) is 28.2. The van der Waals surface area contributed by atoms with Crippen molar-refractivity contribution >= 4 is 11.8 Å². The molecule has 3 aromatic carbocycles. The van der Waals surface area contributed by atoms with Crippen LogP contribution in [-0.2, 0) is 13.0 Å². The normalized spacial score (nSPS) is 11.6. The molecule has 1 unspecified atom stereocenters. The molecule has 1 aromatic heterocycles. The van der Waals surface area contributed by atoms with Crippen LogP contribution >= 0.6 is 0 Å². The zero-order chi connectivity index (χ0) is 28.2. The van der Waals surface area contributed by atoms with Gasteiger partial charge in [0.05, 0.1) is 18.4 Å². The van der Waals surface area contributed by atoms with Crippen LogP contribution in [0.3, 0.4) is 0 Å². The van der Waals surface area contributed by atoms with Crippen LogP contribution in [0.4, 0.5) is 5.82 Å². The van der Waals surface area contributed by atoms with Crippen LogP contribution in [0, 0.1) is 0 Å². The Morgan fingerprint density at radius 1 is 0.875 bits per heavy atom. The third kappa shape index (κ3) is 8.26. The van der Waals surface area contributed by atoms with E-state index in [1.165, 1.54) is 5.56 Å². The summed E-state index contributed by atoms with van der Waals surface area (Å²) in [6.07, 6.45) is 3.07. The minimum Gasteiger partial charge on any atom is -0.377 e. The summed E-state index contributed by atoms with van der Waals surface area (Å²) in [4.78, 5) is 22.0. The van der Waals surface area contributed by atoms with E-state index in [2.05, 4.69) is 44.9 Å². The second kappa shape index (κ2) is 14.6. The third-order valence-corrected chi connectivity index (χ3v) is 6.51. The van der Waals surface area contributed by atoms with Crippen LogP contribution in [0.5, 0.6) is 0 Å². The fraction of sp³-hybridized carbons (Fsp3) is 0.258. The summed E-state index contributed by atoms with van der Waals surface area (Å²) in [7, 11) is 0.